The van der Waals surface area contributed by atoms with E-state index in [1.54, 1.807) is 0 Å². The number of ether oxygens (including phenoxy) is 2. The number of nitrogens with one attached hydrogen (secondary N) is 3. The Kier molecular flexibility index (Phi) is 11.6. The molecule has 3 saturated carbocycles. The second kappa shape index (κ2) is 15.9. The van der Waals surface area contributed by atoms with Crippen LogP contribution in [0.15, 0.2) is 30.3 Å². The molecule has 5 amide bonds. The number of Topliss-reactive ketones (excluding diaryl/α,β-unsaturated/α-hetero) is 1. The number of rotatable bonds is 13. The zero-order valence-electron chi connectivity index (χ0n) is 30.5. The number of amides is 5. The van der Waals surface area contributed by atoms with Crippen LogP contribution < -0.4 is 21.7 Å². The summed E-state index contributed by atoms with van der Waals surface area (Å²) >= 11 is 0. The third-order valence-electron chi connectivity index (χ3n) is 11.8. The van der Waals surface area contributed by atoms with Crippen molar-refractivity contribution in [3.63, 3.8) is 0 Å². The van der Waals surface area contributed by atoms with E-state index in [4.69, 9.17) is 15.2 Å². The van der Waals surface area contributed by atoms with Crippen LogP contribution in [0.3, 0.4) is 0 Å². The summed E-state index contributed by atoms with van der Waals surface area (Å²) in [4.78, 5) is 82.8. The molecule has 0 bridgehead atoms. The summed E-state index contributed by atoms with van der Waals surface area (Å²) in [5.74, 6) is -3.71. The lowest BCUT2D eigenvalue weighted by Crippen LogP contribution is -2.63. The highest BCUT2D eigenvalue weighted by Crippen LogP contribution is 2.44. The molecule has 2 aliphatic heterocycles. The van der Waals surface area contributed by atoms with Gasteiger partial charge < -0.3 is 36.1 Å². The van der Waals surface area contributed by atoms with Gasteiger partial charge in [0.05, 0.1) is 17.7 Å². The van der Waals surface area contributed by atoms with E-state index in [1.807, 2.05) is 44.2 Å². The fraction of sp³-hybridized carbons (Fsp3) is 0.692. The molecule has 1 aromatic carbocycles. The molecular weight excluding hydrogens is 666 g/mol. The highest BCUT2D eigenvalue weighted by atomic mass is 16.5. The van der Waals surface area contributed by atoms with Crippen molar-refractivity contribution in [1.82, 2.24) is 20.9 Å². The van der Waals surface area contributed by atoms with Crippen LogP contribution in [0.5, 0.6) is 0 Å². The Morgan fingerprint density at radius 1 is 0.923 bits per heavy atom. The van der Waals surface area contributed by atoms with Gasteiger partial charge in [-0.15, -0.1) is 0 Å². The van der Waals surface area contributed by atoms with Crippen molar-refractivity contribution >= 4 is 35.5 Å². The number of carbonyl (C=O) groups is 6. The van der Waals surface area contributed by atoms with Gasteiger partial charge in [-0.25, -0.2) is 9.59 Å². The minimum atomic E-state index is -1.23. The van der Waals surface area contributed by atoms with Gasteiger partial charge in [0.25, 0.3) is 5.91 Å². The second-order valence-electron chi connectivity index (χ2n) is 16.4. The van der Waals surface area contributed by atoms with E-state index >= 15 is 0 Å². The maximum Gasteiger partial charge on any atom is 0.332 e. The highest BCUT2D eigenvalue weighted by molar-refractivity contribution is 6.37. The number of primary amides is 1. The van der Waals surface area contributed by atoms with E-state index in [0.717, 1.165) is 69.8 Å². The van der Waals surface area contributed by atoms with Gasteiger partial charge in [-0.1, -0.05) is 81.7 Å². The molecule has 2 saturated heterocycles. The van der Waals surface area contributed by atoms with E-state index in [1.165, 1.54) is 4.90 Å². The lowest BCUT2D eigenvalue weighted by Gasteiger charge is -2.38. The maximum atomic E-state index is 14.8. The first-order valence-electron chi connectivity index (χ1n) is 19.3. The number of hydrogen-bond donors (Lipinski definition) is 4. The number of ketones is 1. The molecule has 5 fully saturated rings. The summed E-state index contributed by atoms with van der Waals surface area (Å²) in [5.41, 5.74) is 4.45. The predicted octanol–water partition coefficient (Wildman–Crippen LogP) is 3.41. The fourth-order valence-corrected chi connectivity index (χ4v) is 9.00. The Labute approximate surface area is 305 Å². The minimum absolute atomic E-state index is 0.0834. The number of nitrogens with zero attached hydrogens (tertiary/aromatic N) is 1. The molecule has 13 nitrogen and oxygen atoms in total. The number of hydrogen-bond acceptors (Lipinski definition) is 8. The van der Waals surface area contributed by atoms with Crippen LogP contribution >= 0.6 is 0 Å². The summed E-state index contributed by atoms with van der Waals surface area (Å²) in [6, 6.07) is 5.73. The van der Waals surface area contributed by atoms with Crippen LogP contribution in [0.4, 0.5) is 4.79 Å². The molecule has 3 aliphatic carbocycles. The third-order valence-corrected chi connectivity index (χ3v) is 11.8. The van der Waals surface area contributed by atoms with Gasteiger partial charge in [-0.05, 0) is 69.8 Å². The molecule has 5 aliphatic rings. The van der Waals surface area contributed by atoms with Crippen molar-refractivity contribution in [2.24, 2.45) is 23.5 Å². The minimum Gasteiger partial charge on any atom is -0.459 e. The van der Waals surface area contributed by atoms with Crippen LogP contribution in [0.25, 0.3) is 0 Å². The van der Waals surface area contributed by atoms with E-state index in [0.29, 0.717) is 25.7 Å². The predicted molar refractivity (Wildman–Crippen MR) is 190 cm³/mol. The van der Waals surface area contributed by atoms with Crippen LogP contribution in [-0.4, -0.2) is 82.3 Å². The lowest BCUT2D eigenvalue weighted by molar-refractivity contribution is -0.154. The monoisotopic (exact) mass is 721 g/mol. The summed E-state index contributed by atoms with van der Waals surface area (Å²) in [6.45, 7) is 4.12. The summed E-state index contributed by atoms with van der Waals surface area (Å²) < 4.78 is 12.1. The Bertz CT molecular complexity index is 1500. The van der Waals surface area contributed by atoms with Gasteiger partial charge in [0, 0.05) is 12.5 Å². The summed E-state index contributed by atoms with van der Waals surface area (Å²) in [5, 5.41) is 8.74. The molecule has 52 heavy (non-hydrogen) atoms. The number of fused-ring (bicyclic) bond motifs is 1. The Balaban J connectivity index is 1.22. The largest absolute Gasteiger partial charge is 0.459 e. The first-order valence-corrected chi connectivity index (χ1v) is 19.3. The number of benzene rings is 1. The number of urea groups is 1. The van der Waals surface area contributed by atoms with Gasteiger partial charge in [0.1, 0.15) is 24.2 Å². The molecule has 0 radical (unpaired) electrons. The molecule has 2 heterocycles. The van der Waals surface area contributed by atoms with Crippen molar-refractivity contribution in [3.05, 3.63) is 35.9 Å². The molecule has 13 heteroatoms. The van der Waals surface area contributed by atoms with Gasteiger partial charge in [-0.2, -0.15) is 0 Å². The number of carbonyl (C=O) groups excluding carboxylic acids is 6. The first kappa shape index (κ1) is 37.7. The molecule has 6 rings (SSSR count). The van der Waals surface area contributed by atoms with Crippen molar-refractivity contribution in [2.45, 2.75) is 146 Å². The maximum absolute atomic E-state index is 14.8. The molecule has 5 N–H and O–H groups in total. The molecule has 5 atom stereocenters. The van der Waals surface area contributed by atoms with Crippen molar-refractivity contribution in [2.75, 3.05) is 6.54 Å². The molecule has 1 aromatic rings. The zero-order valence-corrected chi connectivity index (χ0v) is 30.5. The summed E-state index contributed by atoms with van der Waals surface area (Å²) in [7, 11) is 0. The molecule has 0 aromatic heterocycles. The van der Waals surface area contributed by atoms with E-state index < -0.39 is 70.9 Å². The Hall–Kier alpha value is -4.00. The SMILES string of the molecule is CC1(C)C[C@H]2[C@H](CN(C(=O)[C@@H](NC(=O)NC3(C(=O)OCc4ccccc4)CCCCC3)C3CCCCC3)[C@@H]2C(=O)NC(CC2CC2)C(=O)C(N)=O)O1. The third kappa shape index (κ3) is 8.78. The van der Waals surface area contributed by atoms with Gasteiger partial charge >= 0.3 is 12.0 Å². The van der Waals surface area contributed by atoms with E-state index in [9.17, 15) is 28.8 Å². The fourth-order valence-electron chi connectivity index (χ4n) is 9.00. The first-order chi connectivity index (χ1) is 24.9. The van der Waals surface area contributed by atoms with Gasteiger partial charge in [-0.3, -0.25) is 19.2 Å². The lowest BCUT2D eigenvalue weighted by atomic mass is 9.81. The van der Waals surface area contributed by atoms with Crippen LogP contribution in [0.2, 0.25) is 0 Å². The smallest absolute Gasteiger partial charge is 0.332 e. The van der Waals surface area contributed by atoms with Crippen molar-refractivity contribution in [3.8, 4) is 0 Å². The van der Waals surface area contributed by atoms with Crippen LogP contribution in [0, 0.1) is 17.8 Å². The quantitative estimate of drug-likeness (QED) is 0.176. The highest BCUT2D eigenvalue weighted by Gasteiger charge is 2.57. The number of nitrogens with two attached hydrogens (primary N) is 1. The molecule has 0 spiro atoms. The molecular formula is C39H55N5O8. The van der Waals surface area contributed by atoms with E-state index in [-0.39, 0.29) is 30.9 Å². The van der Waals surface area contributed by atoms with Crippen molar-refractivity contribution in [1.29, 1.82) is 0 Å². The van der Waals surface area contributed by atoms with Gasteiger partial charge in [0.15, 0.2) is 0 Å². The molecule has 1 unspecified atom stereocenters. The van der Waals surface area contributed by atoms with Crippen LogP contribution in [-0.2, 0) is 40.1 Å². The average Bonchev–Trinajstić information content (AvgIpc) is 3.81. The Morgan fingerprint density at radius 3 is 2.25 bits per heavy atom. The Morgan fingerprint density at radius 2 is 1.60 bits per heavy atom. The number of esters is 1. The van der Waals surface area contributed by atoms with Gasteiger partial charge in [0.2, 0.25) is 17.6 Å². The molecule has 284 valence electrons. The number of likely N-dealkylation sites (tertiary alicyclic amines) is 1. The topological polar surface area (TPSA) is 186 Å². The normalized spacial score (nSPS) is 26.3. The standard InChI is InChI=1S/C39H55N5O8/c1-38(2)21-27-29(52-38)22-44(31(27)34(47)41-28(20-24-16-17-24)32(45)33(40)46)35(48)30(26-14-8-4-9-15-26)42-37(50)43-39(18-10-5-11-19-39)36(49)51-23-25-12-6-3-7-13-25/h3,6-7,12-13,24,26-31H,4-5,8-11,14-23H2,1-2H3,(H2,40,46)(H,41,47)(H2,42,43,50)/t27-,28?,29-,30-,31-/m0/s1. The van der Waals surface area contributed by atoms with Crippen molar-refractivity contribution < 1.29 is 38.2 Å². The second-order valence-corrected chi connectivity index (χ2v) is 16.4. The van der Waals surface area contributed by atoms with Crippen LogP contribution in [0.1, 0.15) is 109 Å². The van der Waals surface area contributed by atoms with E-state index in [2.05, 4.69) is 16.0 Å². The summed E-state index contributed by atoms with van der Waals surface area (Å²) in [6.07, 6.45) is 9.75. The average molecular weight is 722 g/mol. The zero-order chi connectivity index (χ0) is 37.0.